The number of benzene rings is 3. The summed E-state index contributed by atoms with van der Waals surface area (Å²) in [5, 5.41) is 20.4. The maximum Gasteiger partial charge on any atom is 0.283 e. The molecule has 0 bridgehead atoms. The van der Waals surface area contributed by atoms with E-state index in [1.807, 2.05) is 0 Å². The van der Waals surface area contributed by atoms with E-state index in [4.69, 9.17) is 46.4 Å². The van der Waals surface area contributed by atoms with Gasteiger partial charge in [0.2, 0.25) is 0 Å². The average Bonchev–Trinajstić information content (AvgIpc) is 2.65. The second-order valence-electron chi connectivity index (χ2n) is 6.06. The van der Waals surface area contributed by atoms with Crippen LogP contribution in [0.25, 0.3) is 0 Å². The molecule has 3 aromatic carbocycles. The second-order valence-corrected chi connectivity index (χ2v) is 9.25. The van der Waals surface area contributed by atoms with Crippen LogP contribution >= 0.6 is 46.4 Å². The number of aromatic hydroxyl groups is 2. The van der Waals surface area contributed by atoms with Gasteiger partial charge in [-0.3, -0.25) is 4.55 Å². The molecule has 0 spiro atoms. The molecular weight excluding hydrogens is 482 g/mol. The van der Waals surface area contributed by atoms with E-state index in [2.05, 4.69) is 0 Å². The largest absolute Gasteiger partial charge is 0.504 e. The van der Waals surface area contributed by atoms with E-state index < -0.39 is 31.9 Å². The van der Waals surface area contributed by atoms with Crippen LogP contribution in [0.15, 0.2) is 54.6 Å². The van der Waals surface area contributed by atoms with Crippen molar-refractivity contribution in [2.24, 2.45) is 0 Å². The molecule has 0 aliphatic heterocycles. The molecule has 5 nitrogen and oxygen atoms in total. The van der Waals surface area contributed by atoms with Crippen molar-refractivity contribution in [3.05, 3.63) is 91.4 Å². The topological polar surface area (TPSA) is 94.8 Å². The zero-order valence-corrected chi connectivity index (χ0v) is 18.1. The highest BCUT2D eigenvalue weighted by atomic mass is 35.5. The lowest BCUT2D eigenvalue weighted by atomic mass is 9.83. The van der Waals surface area contributed by atoms with Crippen LogP contribution in [0.5, 0.6) is 11.5 Å². The fourth-order valence-corrected chi connectivity index (χ4v) is 5.47. The van der Waals surface area contributed by atoms with Gasteiger partial charge in [-0.15, -0.1) is 0 Å². The molecule has 0 aromatic heterocycles. The normalized spacial score (nSPS) is 13.8. The summed E-state index contributed by atoms with van der Waals surface area (Å²) in [6, 6.07) is 12.5. The fraction of sp³-hybridized carbons (Fsp3) is 0.0526. The van der Waals surface area contributed by atoms with Crippen molar-refractivity contribution in [1.82, 2.24) is 0 Å². The van der Waals surface area contributed by atoms with E-state index in [1.165, 1.54) is 42.5 Å². The van der Waals surface area contributed by atoms with Crippen LogP contribution in [-0.4, -0.2) is 23.2 Å². The molecule has 0 amide bonds. The average molecular weight is 494 g/mol. The van der Waals surface area contributed by atoms with Gasteiger partial charge in [-0.05, 0) is 29.3 Å². The van der Waals surface area contributed by atoms with Crippen LogP contribution in [-0.2, 0) is 14.9 Å². The van der Waals surface area contributed by atoms with Gasteiger partial charge in [0, 0.05) is 5.56 Å². The highest BCUT2D eigenvalue weighted by Crippen LogP contribution is 2.54. The highest BCUT2D eigenvalue weighted by Gasteiger charge is 2.52. The van der Waals surface area contributed by atoms with E-state index in [9.17, 15) is 23.2 Å². The summed E-state index contributed by atoms with van der Waals surface area (Å²) in [5.74, 6) is -1.70. The summed E-state index contributed by atoms with van der Waals surface area (Å²) in [6.45, 7) is 0. The zero-order chi connectivity index (χ0) is 21.6. The van der Waals surface area contributed by atoms with Crippen LogP contribution < -0.4 is 0 Å². The first-order valence-electron chi connectivity index (χ1n) is 7.90. The van der Waals surface area contributed by atoms with E-state index in [0.717, 1.165) is 6.07 Å². The summed E-state index contributed by atoms with van der Waals surface area (Å²) < 4.78 is 33.9. The number of phenols is 2. The van der Waals surface area contributed by atoms with Crippen LogP contribution in [0.1, 0.15) is 16.7 Å². The monoisotopic (exact) mass is 492 g/mol. The molecule has 0 aliphatic rings. The minimum atomic E-state index is -5.09. The van der Waals surface area contributed by atoms with Crippen LogP contribution in [0.2, 0.25) is 20.1 Å². The molecular formula is C19H12Cl4O5S. The Balaban J connectivity index is 2.62. The summed E-state index contributed by atoms with van der Waals surface area (Å²) in [5.41, 5.74) is -0.535. The lowest BCUT2D eigenvalue weighted by Crippen LogP contribution is -2.38. The van der Waals surface area contributed by atoms with Crippen molar-refractivity contribution in [3.63, 3.8) is 0 Å². The molecule has 3 rings (SSSR count). The lowest BCUT2D eigenvalue weighted by molar-refractivity contribution is 0.394. The first-order valence-corrected chi connectivity index (χ1v) is 10.9. The van der Waals surface area contributed by atoms with E-state index in [1.54, 1.807) is 6.07 Å². The molecule has 0 aliphatic carbocycles. The van der Waals surface area contributed by atoms with Gasteiger partial charge >= 0.3 is 0 Å². The minimum Gasteiger partial charge on any atom is -0.504 e. The SMILES string of the molecule is O=S(=O)(O)C(c1ccccc1)(c1ccc(Cl)c(Cl)c1)c1c(Cl)cc(Cl)c(O)c1O. The molecule has 0 saturated carbocycles. The van der Waals surface area contributed by atoms with Gasteiger partial charge in [-0.1, -0.05) is 82.8 Å². The smallest absolute Gasteiger partial charge is 0.283 e. The molecule has 10 heteroatoms. The van der Waals surface area contributed by atoms with Crippen LogP contribution in [0.4, 0.5) is 0 Å². The minimum absolute atomic E-state index is 0.00178. The van der Waals surface area contributed by atoms with Gasteiger partial charge < -0.3 is 10.2 Å². The van der Waals surface area contributed by atoms with Crippen molar-refractivity contribution in [2.45, 2.75) is 4.75 Å². The van der Waals surface area contributed by atoms with Gasteiger partial charge in [-0.2, -0.15) is 8.42 Å². The molecule has 0 fully saturated rings. The second kappa shape index (κ2) is 7.87. The number of phenolic OH excluding ortho intramolecular Hbond substituents is 2. The molecule has 29 heavy (non-hydrogen) atoms. The molecule has 152 valence electrons. The maximum atomic E-state index is 12.9. The molecule has 0 heterocycles. The fourth-order valence-electron chi connectivity index (χ4n) is 3.20. The first kappa shape index (κ1) is 22.0. The predicted molar refractivity (Wildman–Crippen MR) is 114 cm³/mol. The Morgan fingerprint density at radius 3 is 1.86 bits per heavy atom. The maximum absolute atomic E-state index is 12.9. The van der Waals surface area contributed by atoms with Crippen LogP contribution in [0, 0.1) is 0 Å². The van der Waals surface area contributed by atoms with Crippen molar-refractivity contribution in [2.75, 3.05) is 0 Å². The van der Waals surface area contributed by atoms with E-state index >= 15 is 0 Å². The van der Waals surface area contributed by atoms with Crippen molar-refractivity contribution >= 4 is 56.5 Å². The van der Waals surface area contributed by atoms with Gasteiger partial charge in [0.05, 0.1) is 20.1 Å². The number of halogens is 4. The van der Waals surface area contributed by atoms with Gasteiger partial charge in [0.25, 0.3) is 10.1 Å². The molecule has 3 aromatic rings. The quantitative estimate of drug-likeness (QED) is 0.239. The molecule has 1 unspecified atom stereocenters. The van der Waals surface area contributed by atoms with Gasteiger partial charge in [-0.25, -0.2) is 0 Å². The first-order chi connectivity index (χ1) is 13.5. The predicted octanol–water partition coefficient (Wildman–Crippen LogP) is 5.89. The van der Waals surface area contributed by atoms with Crippen molar-refractivity contribution in [3.8, 4) is 11.5 Å². The summed E-state index contributed by atoms with van der Waals surface area (Å²) in [6.07, 6.45) is 0. The Kier molecular flexibility index (Phi) is 5.98. The molecule has 3 N–H and O–H groups in total. The summed E-state index contributed by atoms with van der Waals surface area (Å²) in [7, 11) is -5.09. The third-order valence-electron chi connectivity index (χ3n) is 4.43. The Morgan fingerprint density at radius 1 is 0.690 bits per heavy atom. The standard InChI is InChI=1S/C19H12Cl4O5S/c20-12-7-6-11(8-13(12)21)19(29(26,27)28,10-4-2-1-3-5-10)16-14(22)9-15(23)17(24)18(16)25/h1-9,24-25H,(H,26,27,28). The Labute approximate surface area is 186 Å². The molecule has 0 radical (unpaired) electrons. The van der Waals surface area contributed by atoms with Gasteiger partial charge in [0.1, 0.15) is 0 Å². The number of rotatable bonds is 4. The Bertz CT molecular complexity index is 1200. The highest BCUT2D eigenvalue weighted by molar-refractivity contribution is 7.87. The third kappa shape index (κ3) is 3.54. The van der Waals surface area contributed by atoms with E-state index in [0.29, 0.717) is 0 Å². The third-order valence-corrected chi connectivity index (χ3v) is 7.20. The summed E-state index contributed by atoms with van der Waals surface area (Å²) in [4.78, 5) is 0. The Morgan fingerprint density at radius 2 is 1.31 bits per heavy atom. The zero-order valence-electron chi connectivity index (χ0n) is 14.3. The molecule has 0 saturated heterocycles. The summed E-state index contributed by atoms with van der Waals surface area (Å²) >= 11 is 24.2. The lowest BCUT2D eigenvalue weighted by Gasteiger charge is -2.34. The van der Waals surface area contributed by atoms with Gasteiger partial charge in [0.15, 0.2) is 16.2 Å². The number of hydrogen-bond acceptors (Lipinski definition) is 4. The van der Waals surface area contributed by atoms with Crippen molar-refractivity contribution in [1.29, 1.82) is 0 Å². The van der Waals surface area contributed by atoms with Crippen molar-refractivity contribution < 1.29 is 23.2 Å². The number of hydrogen-bond donors (Lipinski definition) is 3. The Hall–Kier alpha value is -1.67. The van der Waals surface area contributed by atoms with E-state index in [-0.39, 0.29) is 31.2 Å². The molecule has 1 atom stereocenters. The van der Waals surface area contributed by atoms with Crippen LogP contribution in [0.3, 0.4) is 0 Å².